The Bertz CT molecular complexity index is 483. The standard InChI is InChI=1S/C15H22N2O2/c1-4-5-8-17-12-7-6-11(10-16)9-13(12)19-15(2,3)14(17)18/h6-7,9H,4-5,8,10,16H2,1-3H3. The van der Waals surface area contributed by atoms with Crippen LogP contribution in [0.1, 0.15) is 39.2 Å². The van der Waals surface area contributed by atoms with Crippen LogP contribution in [0.2, 0.25) is 0 Å². The van der Waals surface area contributed by atoms with Crippen molar-refractivity contribution in [2.75, 3.05) is 11.4 Å². The van der Waals surface area contributed by atoms with Gasteiger partial charge in [0, 0.05) is 13.1 Å². The van der Waals surface area contributed by atoms with Gasteiger partial charge in [-0.2, -0.15) is 0 Å². The minimum Gasteiger partial charge on any atom is -0.476 e. The van der Waals surface area contributed by atoms with Crippen LogP contribution in [0.5, 0.6) is 5.75 Å². The van der Waals surface area contributed by atoms with E-state index in [9.17, 15) is 4.79 Å². The molecule has 1 heterocycles. The van der Waals surface area contributed by atoms with Crippen LogP contribution < -0.4 is 15.4 Å². The predicted octanol–water partition coefficient (Wildman–Crippen LogP) is 2.45. The van der Waals surface area contributed by atoms with E-state index in [0.29, 0.717) is 6.54 Å². The molecular formula is C15H22N2O2. The molecule has 2 N–H and O–H groups in total. The number of amides is 1. The summed E-state index contributed by atoms with van der Waals surface area (Å²) < 4.78 is 5.84. The van der Waals surface area contributed by atoms with Gasteiger partial charge in [0.25, 0.3) is 5.91 Å². The lowest BCUT2D eigenvalue weighted by Gasteiger charge is -2.39. The van der Waals surface area contributed by atoms with Gasteiger partial charge < -0.3 is 15.4 Å². The normalized spacial score (nSPS) is 17.1. The Hall–Kier alpha value is -1.55. The first-order chi connectivity index (χ1) is 8.99. The van der Waals surface area contributed by atoms with Gasteiger partial charge in [-0.3, -0.25) is 4.79 Å². The van der Waals surface area contributed by atoms with E-state index in [1.54, 1.807) is 0 Å². The molecular weight excluding hydrogens is 240 g/mol. The molecule has 2 rings (SSSR count). The zero-order valence-corrected chi connectivity index (χ0v) is 11.9. The van der Waals surface area contributed by atoms with Gasteiger partial charge in [-0.1, -0.05) is 19.4 Å². The molecule has 4 heteroatoms. The molecule has 1 aromatic rings. The Labute approximate surface area is 114 Å². The van der Waals surface area contributed by atoms with Crippen molar-refractivity contribution in [2.24, 2.45) is 5.73 Å². The summed E-state index contributed by atoms with van der Waals surface area (Å²) in [4.78, 5) is 14.3. The smallest absolute Gasteiger partial charge is 0.270 e. The molecule has 0 radical (unpaired) electrons. The maximum absolute atomic E-state index is 12.4. The van der Waals surface area contributed by atoms with E-state index in [4.69, 9.17) is 10.5 Å². The van der Waals surface area contributed by atoms with Crippen molar-refractivity contribution in [2.45, 2.75) is 45.8 Å². The fraction of sp³-hybridized carbons (Fsp3) is 0.533. The molecule has 1 amide bonds. The van der Waals surface area contributed by atoms with Crippen molar-refractivity contribution in [3.63, 3.8) is 0 Å². The number of benzene rings is 1. The van der Waals surface area contributed by atoms with Gasteiger partial charge in [-0.25, -0.2) is 0 Å². The average Bonchev–Trinajstić information content (AvgIpc) is 2.38. The number of carbonyl (C=O) groups excluding carboxylic acids is 1. The van der Waals surface area contributed by atoms with Crippen LogP contribution in [0, 0.1) is 0 Å². The molecule has 1 aliphatic rings. The zero-order valence-electron chi connectivity index (χ0n) is 11.9. The lowest BCUT2D eigenvalue weighted by Crippen LogP contribution is -2.52. The van der Waals surface area contributed by atoms with Crippen LogP contribution in [0.4, 0.5) is 5.69 Å². The summed E-state index contributed by atoms with van der Waals surface area (Å²) in [5, 5.41) is 0. The first kappa shape index (κ1) is 13.9. The van der Waals surface area contributed by atoms with Gasteiger partial charge in [0.05, 0.1) is 5.69 Å². The molecule has 19 heavy (non-hydrogen) atoms. The van der Waals surface area contributed by atoms with Crippen LogP contribution in [-0.4, -0.2) is 18.1 Å². The number of ether oxygens (including phenoxy) is 1. The quantitative estimate of drug-likeness (QED) is 0.906. The molecule has 0 saturated heterocycles. The van der Waals surface area contributed by atoms with Gasteiger partial charge in [0.2, 0.25) is 0 Å². The second-order valence-corrected chi connectivity index (χ2v) is 5.43. The largest absolute Gasteiger partial charge is 0.476 e. The number of carbonyl (C=O) groups is 1. The molecule has 0 aromatic heterocycles. The zero-order chi connectivity index (χ0) is 14.0. The molecule has 1 aromatic carbocycles. The highest BCUT2D eigenvalue weighted by Gasteiger charge is 2.40. The van der Waals surface area contributed by atoms with E-state index in [1.165, 1.54) is 0 Å². The number of nitrogens with zero attached hydrogens (tertiary/aromatic N) is 1. The van der Waals surface area contributed by atoms with Crippen LogP contribution in [0.25, 0.3) is 0 Å². The number of anilines is 1. The fourth-order valence-electron chi connectivity index (χ4n) is 2.28. The molecule has 4 nitrogen and oxygen atoms in total. The Kier molecular flexibility index (Phi) is 3.80. The maximum atomic E-state index is 12.4. The van der Waals surface area contributed by atoms with E-state index < -0.39 is 5.60 Å². The molecule has 1 aliphatic heterocycles. The minimum atomic E-state index is -0.812. The Balaban J connectivity index is 2.41. The van der Waals surface area contributed by atoms with E-state index >= 15 is 0 Å². The SMILES string of the molecule is CCCCN1C(=O)C(C)(C)Oc2cc(CN)ccc21. The highest BCUT2D eigenvalue weighted by molar-refractivity contribution is 6.02. The van der Waals surface area contributed by atoms with E-state index in [1.807, 2.05) is 36.9 Å². The lowest BCUT2D eigenvalue weighted by atomic mass is 10.0. The summed E-state index contributed by atoms with van der Waals surface area (Å²) in [6, 6.07) is 5.82. The van der Waals surface area contributed by atoms with Crippen molar-refractivity contribution >= 4 is 11.6 Å². The van der Waals surface area contributed by atoms with E-state index in [0.717, 1.165) is 36.4 Å². The molecule has 0 atom stereocenters. The van der Waals surface area contributed by atoms with Crippen molar-refractivity contribution in [3.8, 4) is 5.75 Å². The average molecular weight is 262 g/mol. The molecule has 0 aliphatic carbocycles. The molecule has 0 spiro atoms. The summed E-state index contributed by atoms with van der Waals surface area (Å²) >= 11 is 0. The first-order valence-electron chi connectivity index (χ1n) is 6.83. The monoisotopic (exact) mass is 262 g/mol. The van der Waals surface area contributed by atoms with Crippen molar-refractivity contribution in [1.82, 2.24) is 0 Å². The van der Waals surface area contributed by atoms with Crippen molar-refractivity contribution in [3.05, 3.63) is 23.8 Å². The number of hydrogen-bond donors (Lipinski definition) is 1. The second-order valence-electron chi connectivity index (χ2n) is 5.43. The number of fused-ring (bicyclic) bond motifs is 1. The van der Waals surface area contributed by atoms with Crippen LogP contribution >= 0.6 is 0 Å². The first-order valence-corrected chi connectivity index (χ1v) is 6.83. The fourth-order valence-corrected chi connectivity index (χ4v) is 2.28. The van der Waals surface area contributed by atoms with Crippen LogP contribution in [-0.2, 0) is 11.3 Å². The third-order valence-electron chi connectivity index (χ3n) is 3.41. The third-order valence-corrected chi connectivity index (χ3v) is 3.41. The van der Waals surface area contributed by atoms with Crippen LogP contribution in [0.15, 0.2) is 18.2 Å². The molecule has 0 saturated carbocycles. The highest BCUT2D eigenvalue weighted by atomic mass is 16.5. The summed E-state index contributed by atoms with van der Waals surface area (Å²) in [6.07, 6.45) is 2.04. The molecule has 104 valence electrons. The lowest BCUT2D eigenvalue weighted by molar-refractivity contribution is -0.132. The van der Waals surface area contributed by atoms with Gasteiger partial charge in [-0.15, -0.1) is 0 Å². The van der Waals surface area contributed by atoms with E-state index in [2.05, 4.69) is 6.92 Å². The van der Waals surface area contributed by atoms with Gasteiger partial charge in [0.15, 0.2) is 5.60 Å². The third kappa shape index (κ3) is 2.59. The number of hydrogen-bond acceptors (Lipinski definition) is 3. The number of nitrogens with two attached hydrogens (primary N) is 1. The topological polar surface area (TPSA) is 55.6 Å². The van der Waals surface area contributed by atoms with Gasteiger partial charge in [0.1, 0.15) is 5.75 Å². The maximum Gasteiger partial charge on any atom is 0.270 e. The predicted molar refractivity (Wildman–Crippen MR) is 76.3 cm³/mol. The molecule has 0 bridgehead atoms. The summed E-state index contributed by atoms with van der Waals surface area (Å²) in [5.41, 5.74) is 6.71. The number of rotatable bonds is 4. The van der Waals surface area contributed by atoms with E-state index in [-0.39, 0.29) is 5.91 Å². The summed E-state index contributed by atoms with van der Waals surface area (Å²) in [7, 11) is 0. The highest BCUT2D eigenvalue weighted by Crippen LogP contribution is 2.38. The van der Waals surface area contributed by atoms with Gasteiger partial charge >= 0.3 is 0 Å². The summed E-state index contributed by atoms with van der Waals surface area (Å²) in [6.45, 7) is 6.95. The van der Waals surface area contributed by atoms with Crippen molar-refractivity contribution < 1.29 is 9.53 Å². The van der Waals surface area contributed by atoms with Gasteiger partial charge in [-0.05, 0) is 38.0 Å². The Morgan fingerprint density at radius 1 is 1.37 bits per heavy atom. The number of unbranched alkanes of at least 4 members (excludes halogenated alkanes) is 1. The molecule has 0 unspecified atom stereocenters. The van der Waals surface area contributed by atoms with Crippen LogP contribution in [0.3, 0.4) is 0 Å². The van der Waals surface area contributed by atoms with Crippen molar-refractivity contribution in [1.29, 1.82) is 0 Å². The minimum absolute atomic E-state index is 0.0222. The second kappa shape index (κ2) is 5.21. The Morgan fingerprint density at radius 2 is 2.11 bits per heavy atom. The Morgan fingerprint density at radius 3 is 2.74 bits per heavy atom. The molecule has 0 fully saturated rings. The summed E-state index contributed by atoms with van der Waals surface area (Å²) in [5.74, 6) is 0.776.